The van der Waals surface area contributed by atoms with Gasteiger partial charge >= 0.3 is 0 Å². The highest BCUT2D eigenvalue weighted by molar-refractivity contribution is 5.95. The van der Waals surface area contributed by atoms with Gasteiger partial charge in [0.1, 0.15) is 11.7 Å². The lowest BCUT2D eigenvalue weighted by Gasteiger charge is -2.06. The molecule has 2 aromatic carbocycles. The van der Waals surface area contributed by atoms with Crippen LogP contribution in [0.25, 0.3) is 11.3 Å². The second kappa shape index (κ2) is 9.80. The molecular weight excluding hydrogens is 366 g/mol. The summed E-state index contributed by atoms with van der Waals surface area (Å²) in [5, 5.41) is 22.3. The number of aromatic nitrogens is 1. The van der Waals surface area contributed by atoms with Gasteiger partial charge in [-0.05, 0) is 23.6 Å². The molecule has 0 aliphatic heterocycles. The lowest BCUT2D eigenvalue weighted by molar-refractivity contribution is -0.134. The van der Waals surface area contributed by atoms with Gasteiger partial charge in [0, 0.05) is 29.8 Å². The van der Waals surface area contributed by atoms with E-state index in [1.54, 1.807) is 0 Å². The number of carboxylic acids is 1. The Kier molecular flexibility index (Phi) is 7.20. The van der Waals surface area contributed by atoms with Crippen LogP contribution in [-0.2, 0) is 11.2 Å². The topological polar surface area (TPSA) is 150 Å². The number of aliphatic carboxylic acids is 1. The van der Waals surface area contributed by atoms with Crippen LogP contribution in [0, 0.1) is 10.8 Å². The number of hydrogen-bond donors (Lipinski definition) is 5. The molecule has 0 spiro atoms. The van der Waals surface area contributed by atoms with E-state index in [1.807, 2.05) is 60.8 Å². The maximum Gasteiger partial charge on any atom is 0.300 e. The molecule has 7 N–H and O–H groups in total. The molecule has 0 aliphatic carbocycles. The Morgan fingerprint density at radius 1 is 0.862 bits per heavy atom. The molecule has 0 atom stereocenters. The van der Waals surface area contributed by atoms with Crippen molar-refractivity contribution in [3.63, 3.8) is 0 Å². The molecule has 0 saturated heterocycles. The van der Waals surface area contributed by atoms with E-state index in [4.69, 9.17) is 32.2 Å². The number of pyridine rings is 1. The third-order valence-corrected chi connectivity index (χ3v) is 3.99. The first-order valence-electron chi connectivity index (χ1n) is 8.79. The third-order valence-electron chi connectivity index (χ3n) is 3.99. The number of nitrogen functional groups attached to an aromatic ring is 2. The van der Waals surface area contributed by atoms with Gasteiger partial charge in [-0.1, -0.05) is 54.6 Å². The fourth-order valence-electron chi connectivity index (χ4n) is 2.56. The van der Waals surface area contributed by atoms with E-state index in [9.17, 15) is 0 Å². The fraction of sp³-hybridized carbons (Fsp3) is 0.0909. The van der Waals surface area contributed by atoms with Crippen LogP contribution in [0.15, 0.2) is 66.9 Å². The first-order chi connectivity index (χ1) is 13.8. The van der Waals surface area contributed by atoms with E-state index in [1.165, 1.54) is 0 Å². The lowest BCUT2D eigenvalue weighted by atomic mass is 10.0. The van der Waals surface area contributed by atoms with Gasteiger partial charge in [0.25, 0.3) is 5.97 Å². The van der Waals surface area contributed by atoms with E-state index in [2.05, 4.69) is 11.1 Å². The molecule has 29 heavy (non-hydrogen) atoms. The van der Waals surface area contributed by atoms with Crippen LogP contribution < -0.4 is 11.5 Å². The zero-order valence-electron chi connectivity index (χ0n) is 16.0. The number of amidine groups is 2. The summed E-state index contributed by atoms with van der Waals surface area (Å²) in [5.41, 5.74) is 16.5. The Morgan fingerprint density at radius 2 is 1.31 bits per heavy atom. The monoisotopic (exact) mass is 389 g/mol. The maximum atomic E-state index is 9.00. The number of rotatable bonds is 5. The summed E-state index contributed by atoms with van der Waals surface area (Å²) in [4.78, 5) is 13.5. The third kappa shape index (κ3) is 6.59. The molecule has 0 unspecified atom stereocenters. The molecular formula is C22H23N5O2. The van der Waals surface area contributed by atoms with Gasteiger partial charge in [-0.25, -0.2) is 0 Å². The SMILES string of the molecule is CC(=O)O.N=C(N)c1ccc(Cc2ccc(-c3ccc(C(=N)N)cc3)nc2)cc1. The minimum Gasteiger partial charge on any atom is -0.481 e. The van der Waals surface area contributed by atoms with Gasteiger partial charge < -0.3 is 16.6 Å². The smallest absolute Gasteiger partial charge is 0.300 e. The number of hydrogen-bond acceptors (Lipinski definition) is 4. The van der Waals surface area contributed by atoms with Gasteiger partial charge in [-0.2, -0.15) is 0 Å². The zero-order chi connectivity index (χ0) is 21.4. The Morgan fingerprint density at radius 3 is 1.72 bits per heavy atom. The van der Waals surface area contributed by atoms with Crippen molar-refractivity contribution in [2.45, 2.75) is 13.3 Å². The van der Waals surface area contributed by atoms with Crippen molar-refractivity contribution in [2.24, 2.45) is 11.5 Å². The number of carboxylic acid groups (broad SMARTS) is 1. The second-order valence-corrected chi connectivity index (χ2v) is 6.35. The normalized spacial score (nSPS) is 9.83. The standard InChI is InChI=1S/C20H19N5.C2H4O2/c21-19(22)16-4-1-13(2-5-16)11-14-3-10-18(25-12-14)15-6-8-17(9-7-15)20(23)24;1-2(3)4/h1-10,12H,11H2,(H3,21,22)(H3,23,24);1H3,(H,3,4). The molecule has 0 bridgehead atoms. The summed E-state index contributed by atoms with van der Waals surface area (Å²) in [6.45, 7) is 1.08. The number of nitrogens with zero attached hydrogens (tertiary/aromatic N) is 1. The van der Waals surface area contributed by atoms with Crippen molar-refractivity contribution in [2.75, 3.05) is 0 Å². The highest BCUT2D eigenvalue weighted by Gasteiger charge is 2.03. The molecule has 0 amide bonds. The lowest BCUT2D eigenvalue weighted by Crippen LogP contribution is -2.10. The van der Waals surface area contributed by atoms with E-state index in [-0.39, 0.29) is 11.7 Å². The molecule has 7 heteroatoms. The minimum absolute atomic E-state index is 0.0608. The summed E-state index contributed by atoms with van der Waals surface area (Å²) in [6, 6.07) is 19.2. The molecule has 0 radical (unpaired) electrons. The molecule has 3 rings (SSSR count). The van der Waals surface area contributed by atoms with Crippen molar-refractivity contribution in [1.82, 2.24) is 4.98 Å². The van der Waals surface area contributed by atoms with Gasteiger partial charge in [0.2, 0.25) is 0 Å². The fourth-order valence-corrected chi connectivity index (χ4v) is 2.56. The Labute approximate surface area is 169 Å². The van der Waals surface area contributed by atoms with Gasteiger partial charge in [0.15, 0.2) is 0 Å². The van der Waals surface area contributed by atoms with E-state index in [0.717, 1.165) is 41.3 Å². The minimum atomic E-state index is -0.833. The zero-order valence-corrected chi connectivity index (χ0v) is 16.0. The molecule has 148 valence electrons. The maximum absolute atomic E-state index is 9.00. The molecule has 1 heterocycles. The summed E-state index contributed by atoms with van der Waals surface area (Å²) < 4.78 is 0. The highest BCUT2D eigenvalue weighted by atomic mass is 16.4. The molecule has 1 aromatic heterocycles. The van der Waals surface area contributed by atoms with Crippen molar-refractivity contribution >= 4 is 17.6 Å². The van der Waals surface area contributed by atoms with Crippen LogP contribution in [0.4, 0.5) is 0 Å². The summed E-state index contributed by atoms with van der Waals surface area (Å²) in [7, 11) is 0. The van der Waals surface area contributed by atoms with Crippen LogP contribution >= 0.6 is 0 Å². The summed E-state index contributed by atoms with van der Waals surface area (Å²) in [6.07, 6.45) is 2.64. The van der Waals surface area contributed by atoms with Crippen molar-refractivity contribution in [3.8, 4) is 11.3 Å². The van der Waals surface area contributed by atoms with E-state index >= 15 is 0 Å². The van der Waals surface area contributed by atoms with E-state index in [0.29, 0.717) is 5.56 Å². The summed E-state index contributed by atoms with van der Waals surface area (Å²) >= 11 is 0. The van der Waals surface area contributed by atoms with Crippen LogP contribution in [0.3, 0.4) is 0 Å². The second-order valence-electron chi connectivity index (χ2n) is 6.35. The Hall–Kier alpha value is -4.00. The number of benzene rings is 2. The Bertz CT molecular complexity index is 991. The van der Waals surface area contributed by atoms with Crippen LogP contribution in [0.5, 0.6) is 0 Å². The molecule has 0 saturated carbocycles. The number of nitrogens with two attached hydrogens (primary N) is 2. The number of carbonyl (C=O) groups is 1. The van der Waals surface area contributed by atoms with Gasteiger partial charge in [-0.3, -0.25) is 20.6 Å². The highest BCUT2D eigenvalue weighted by Crippen LogP contribution is 2.19. The number of nitrogens with one attached hydrogen (secondary N) is 2. The van der Waals surface area contributed by atoms with E-state index < -0.39 is 5.97 Å². The molecule has 0 fully saturated rings. The van der Waals surface area contributed by atoms with Crippen molar-refractivity contribution < 1.29 is 9.90 Å². The predicted octanol–water partition coefficient (Wildman–Crippen LogP) is 3.00. The molecule has 3 aromatic rings. The average molecular weight is 389 g/mol. The summed E-state index contributed by atoms with van der Waals surface area (Å²) in [5.74, 6) is -0.695. The van der Waals surface area contributed by atoms with Crippen molar-refractivity contribution in [3.05, 3.63) is 89.1 Å². The quantitative estimate of drug-likeness (QED) is 0.336. The predicted molar refractivity (Wildman–Crippen MR) is 114 cm³/mol. The first kappa shape index (κ1) is 21.3. The molecule has 0 aliphatic rings. The van der Waals surface area contributed by atoms with Gasteiger partial charge in [0.05, 0.1) is 5.69 Å². The van der Waals surface area contributed by atoms with Crippen LogP contribution in [-0.4, -0.2) is 27.7 Å². The van der Waals surface area contributed by atoms with Crippen LogP contribution in [0.1, 0.15) is 29.2 Å². The van der Waals surface area contributed by atoms with Crippen molar-refractivity contribution in [1.29, 1.82) is 10.8 Å². The molecule has 7 nitrogen and oxygen atoms in total. The average Bonchev–Trinajstić information content (AvgIpc) is 2.69. The first-order valence-corrected chi connectivity index (χ1v) is 8.79. The largest absolute Gasteiger partial charge is 0.481 e. The van der Waals surface area contributed by atoms with Crippen LogP contribution in [0.2, 0.25) is 0 Å². The Balaban J connectivity index is 0.000000687. The van der Waals surface area contributed by atoms with Gasteiger partial charge in [-0.15, -0.1) is 0 Å².